The van der Waals surface area contributed by atoms with Gasteiger partial charge in [-0.1, -0.05) is 6.07 Å². The average Bonchev–Trinajstić information content (AvgIpc) is 2.84. The monoisotopic (exact) mass is 277 g/mol. The minimum absolute atomic E-state index is 0.0552. The van der Waals surface area contributed by atoms with Crippen molar-refractivity contribution in [3.05, 3.63) is 53.4 Å². The number of carbonyl (C=O) groups is 1. The maximum Gasteiger partial charge on any atom is 0.340 e. The first-order valence-corrected chi connectivity index (χ1v) is 6.15. The molecule has 2 rings (SSSR count). The number of nitrogens with zero attached hydrogens (tertiary/aromatic N) is 2. The SMILES string of the molecule is COC(=O)c1ccc(CNCc2nccn2C)cc1F. The smallest absolute Gasteiger partial charge is 0.340 e. The molecule has 0 bridgehead atoms. The molecule has 0 aliphatic carbocycles. The Kier molecular flexibility index (Phi) is 4.47. The molecule has 0 spiro atoms. The fraction of sp³-hybridized carbons (Fsp3) is 0.286. The van der Waals surface area contributed by atoms with E-state index < -0.39 is 11.8 Å². The van der Waals surface area contributed by atoms with Gasteiger partial charge in [-0.05, 0) is 17.7 Å². The summed E-state index contributed by atoms with van der Waals surface area (Å²) in [5.41, 5.74) is 0.699. The Labute approximate surface area is 116 Å². The Hall–Kier alpha value is -2.21. The molecule has 0 saturated heterocycles. The molecule has 1 aromatic carbocycles. The van der Waals surface area contributed by atoms with Crippen molar-refractivity contribution in [1.82, 2.24) is 14.9 Å². The topological polar surface area (TPSA) is 56.1 Å². The summed E-state index contributed by atoms with van der Waals surface area (Å²) in [6.45, 7) is 1.08. The van der Waals surface area contributed by atoms with Crippen LogP contribution in [0.25, 0.3) is 0 Å². The first-order valence-electron chi connectivity index (χ1n) is 6.15. The maximum absolute atomic E-state index is 13.7. The minimum Gasteiger partial charge on any atom is -0.465 e. The summed E-state index contributed by atoms with van der Waals surface area (Å²) in [5.74, 6) is -0.347. The molecule has 0 saturated carbocycles. The number of hydrogen-bond acceptors (Lipinski definition) is 4. The predicted octanol–water partition coefficient (Wildman–Crippen LogP) is 1.64. The van der Waals surface area contributed by atoms with Gasteiger partial charge in [0, 0.05) is 26.0 Å². The lowest BCUT2D eigenvalue weighted by Gasteiger charge is -2.07. The van der Waals surface area contributed by atoms with E-state index in [1.807, 2.05) is 17.8 Å². The molecule has 106 valence electrons. The highest BCUT2D eigenvalue weighted by molar-refractivity contribution is 5.89. The van der Waals surface area contributed by atoms with Crippen LogP contribution in [0.5, 0.6) is 0 Å². The number of aryl methyl sites for hydroxylation is 1. The van der Waals surface area contributed by atoms with E-state index in [0.29, 0.717) is 13.1 Å². The zero-order chi connectivity index (χ0) is 14.5. The second kappa shape index (κ2) is 6.29. The van der Waals surface area contributed by atoms with Gasteiger partial charge in [-0.3, -0.25) is 0 Å². The van der Waals surface area contributed by atoms with Gasteiger partial charge in [-0.25, -0.2) is 14.2 Å². The third kappa shape index (κ3) is 3.21. The zero-order valence-electron chi connectivity index (χ0n) is 11.4. The number of methoxy groups -OCH3 is 1. The third-order valence-corrected chi connectivity index (χ3v) is 2.97. The summed E-state index contributed by atoms with van der Waals surface area (Å²) < 4.78 is 20.1. The molecule has 0 aliphatic heterocycles. The first-order chi connectivity index (χ1) is 9.61. The van der Waals surface area contributed by atoms with Gasteiger partial charge in [0.2, 0.25) is 0 Å². The Balaban J connectivity index is 1.95. The number of esters is 1. The highest BCUT2D eigenvalue weighted by Gasteiger charge is 2.12. The second-order valence-corrected chi connectivity index (χ2v) is 4.36. The van der Waals surface area contributed by atoms with Crippen LogP contribution in [0.4, 0.5) is 4.39 Å². The Morgan fingerprint density at radius 1 is 1.45 bits per heavy atom. The number of rotatable bonds is 5. The molecule has 1 aromatic heterocycles. The van der Waals surface area contributed by atoms with Crippen molar-refractivity contribution in [2.45, 2.75) is 13.1 Å². The summed E-state index contributed by atoms with van der Waals surface area (Å²) in [4.78, 5) is 15.4. The van der Waals surface area contributed by atoms with E-state index in [1.54, 1.807) is 12.3 Å². The van der Waals surface area contributed by atoms with Gasteiger partial charge in [0.05, 0.1) is 19.2 Å². The number of ether oxygens (including phenoxy) is 1. The van der Waals surface area contributed by atoms with E-state index in [9.17, 15) is 9.18 Å². The van der Waals surface area contributed by atoms with E-state index in [-0.39, 0.29) is 5.56 Å². The first kappa shape index (κ1) is 14.2. The molecule has 1 N–H and O–H groups in total. The number of halogens is 1. The molecule has 0 radical (unpaired) electrons. The van der Waals surface area contributed by atoms with E-state index in [1.165, 1.54) is 19.2 Å². The molecule has 1 heterocycles. The minimum atomic E-state index is -0.671. The van der Waals surface area contributed by atoms with Gasteiger partial charge in [-0.2, -0.15) is 0 Å². The number of hydrogen-bond donors (Lipinski definition) is 1. The number of carbonyl (C=O) groups excluding carboxylic acids is 1. The van der Waals surface area contributed by atoms with Crippen LogP contribution >= 0.6 is 0 Å². The zero-order valence-corrected chi connectivity index (χ0v) is 11.4. The van der Waals surface area contributed by atoms with Crippen molar-refractivity contribution in [3.63, 3.8) is 0 Å². The van der Waals surface area contributed by atoms with Crippen LogP contribution in [0.2, 0.25) is 0 Å². The molecule has 2 aromatic rings. The summed E-state index contributed by atoms with van der Waals surface area (Å²) >= 11 is 0. The lowest BCUT2D eigenvalue weighted by Crippen LogP contribution is -2.16. The van der Waals surface area contributed by atoms with Gasteiger partial charge in [-0.15, -0.1) is 0 Å². The lowest BCUT2D eigenvalue weighted by atomic mass is 10.1. The van der Waals surface area contributed by atoms with Crippen molar-refractivity contribution < 1.29 is 13.9 Å². The third-order valence-electron chi connectivity index (χ3n) is 2.97. The Morgan fingerprint density at radius 2 is 2.25 bits per heavy atom. The molecule has 5 nitrogen and oxygen atoms in total. The van der Waals surface area contributed by atoms with Gasteiger partial charge < -0.3 is 14.6 Å². The average molecular weight is 277 g/mol. The van der Waals surface area contributed by atoms with Gasteiger partial charge in [0.25, 0.3) is 0 Å². The van der Waals surface area contributed by atoms with Crippen molar-refractivity contribution in [2.75, 3.05) is 7.11 Å². The molecule has 0 atom stereocenters. The van der Waals surface area contributed by atoms with Crippen LogP contribution in [0.1, 0.15) is 21.7 Å². The second-order valence-electron chi connectivity index (χ2n) is 4.36. The standard InChI is InChI=1S/C14H16FN3O2/c1-18-6-5-17-13(18)9-16-8-10-3-4-11(12(15)7-10)14(19)20-2/h3-7,16H,8-9H2,1-2H3. The summed E-state index contributed by atoms with van der Waals surface area (Å²) in [5, 5.41) is 3.17. The highest BCUT2D eigenvalue weighted by atomic mass is 19.1. The summed E-state index contributed by atoms with van der Waals surface area (Å²) in [6.07, 6.45) is 3.59. The molecule has 0 aliphatic rings. The summed E-state index contributed by atoms with van der Waals surface area (Å²) in [7, 11) is 3.14. The van der Waals surface area contributed by atoms with E-state index in [4.69, 9.17) is 0 Å². The van der Waals surface area contributed by atoms with Crippen LogP contribution in [-0.4, -0.2) is 22.6 Å². The van der Waals surface area contributed by atoms with Crippen molar-refractivity contribution in [2.24, 2.45) is 7.05 Å². The van der Waals surface area contributed by atoms with Crippen molar-refractivity contribution in [3.8, 4) is 0 Å². The largest absolute Gasteiger partial charge is 0.465 e. The fourth-order valence-corrected chi connectivity index (χ4v) is 1.83. The van der Waals surface area contributed by atoms with Crippen LogP contribution < -0.4 is 5.32 Å². The van der Waals surface area contributed by atoms with Crippen LogP contribution in [0.3, 0.4) is 0 Å². The summed E-state index contributed by atoms with van der Waals surface area (Å²) in [6, 6.07) is 4.46. The van der Waals surface area contributed by atoms with Gasteiger partial charge in [0.15, 0.2) is 0 Å². The van der Waals surface area contributed by atoms with Gasteiger partial charge in [0.1, 0.15) is 11.6 Å². The van der Waals surface area contributed by atoms with Crippen LogP contribution in [0.15, 0.2) is 30.6 Å². The molecular weight excluding hydrogens is 261 g/mol. The Bertz CT molecular complexity index is 610. The van der Waals surface area contributed by atoms with E-state index in [0.717, 1.165) is 11.4 Å². The van der Waals surface area contributed by atoms with Crippen LogP contribution in [0, 0.1) is 5.82 Å². The molecule has 20 heavy (non-hydrogen) atoms. The molecule has 0 unspecified atom stereocenters. The quantitative estimate of drug-likeness (QED) is 0.844. The maximum atomic E-state index is 13.7. The predicted molar refractivity (Wildman–Crippen MR) is 71.5 cm³/mol. The number of aromatic nitrogens is 2. The number of imidazole rings is 1. The lowest BCUT2D eigenvalue weighted by molar-refractivity contribution is 0.0595. The molecule has 6 heteroatoms. The fourth-order valence-electron chi connectivity index (χ4n) is 1.83. The molecule has 0 fully saturated rings. The van der Waals surface area contributed by atoms with Crippen LogP contribution in [-0.2, 0) is 24.9 Å². The number of nitrogens with one attached hydrogen (secondary N) is 1. The van der Waals surface area contributed by atoms with Crippen molar-refractivity contribution >= 4 is 5.97 Å². The van der Waals surface area contributed by atoms with E-state index >= 15 is 0 Å². The Morgan fingerprint density at radius 3 is 2.85 bits per heavy atom. The number of benzene rings is 1. The normalized spacial score (nSPS) is 10.6. The molecular formula is C14H16FN3O2. The molecule has 0 amide bonds. The van der Waals surface area contributed by atoms with Crippen molar-refractivity contribution in [1.29, 1.82) is 0 Å². The highest BCUT2D eigenvalue weighted by Crippen LogP contribution is 2.11. The van der Waals surface area contributed by atoms with E-state index in [2.05, 4.69) is 15.0 Å². The van der Waals surface area contributed by atoms with Gasteiger partial charge >= 0.3 is 5.97 Å².